The molecule has 0 amide bonds. The normalized spacial score (nSPS) is 20.7. The largest absolute Gasteiger partial charge is 0.391 e. The number of benzene rings is 4. The highest BCUT2D eigenvalue weighted by Crippen LogP contribution is 2.43. The Morgan fingerprint density at radius 1 is 0.623 bits per heavy atom. The molecule has 1 fully saturated rings. The second kappa shape index (κ2) is 26.8. The van der Waals surface area contributed by atoms with Crippen molar-refractivity contribution in [1.82, 2.24) is 4.72 Å². The second-order valence-corrected chi connectivity index (χ2v) is 24.6. The van der Waals surface area contributed by atoms with Gasteiger partial charge in [-0.05, 0) is 53.9 Å². The average Bonchev–Trinajstić information content (AvgIpc) is 3.34. The lowest BCUT2D eigenvalue weighted by atomic mass is 9.80. The number of methoxy groups -OCH3 is 5. The highest BCUT2D eigenvalue weighted by atomic mass is 32.2. The van der Waals surface area contributed by atoms with Gasteiger partial charge in [-0.2, -0.15) is 0 Å². The van der Waals surface area contributed by atoms with E-state index < -0.39 is 72.9 Å². The predicted molar refractivity (Wildman–Crippen MR) is 261 cm³/mol. The predicted octanol–water partition coefficient (Wildman–Crippen LogP) is 7.34. The van der Waals surface area contributed by atoms with Gasteiger partial charge < -0.3 is 61.3 Å². The molecule has 0 bridgehead atoms. The maximum Gasteiger partial charge on any atom is 0.241 e. The zero-order valence-corrected chi connectivity index (χ0v) is 43.7. The Bertz CT molecular complexity index is 2070. The molecule has 5 rings (SSSR count). The molecule has 1 heterocycles. The highest BCUT2D eigenvalue weighted by molar-refractivity contribution is 7.89. The van der Waals surface area contributed by atoms with E-state index in [0.29, 0.717) is 0 Å². The van der Waals surface area contributed by atoms with E-state index >= 15 is 0 Å². The third-order valence-electron chi connectivity index (χ3n) is 12.4. The van der Waals surface area contributed by atoms with Crippen LogP contribution in [-0.4, -0.2) is 142 Å². The van der Waals surface area contributed by atoms with E-state index in [9.17, 15) is 8.42 Å². The van der Waals surface area contributed by atoms with Crippen LogP contribution in [0.2, 0.25) is 18.1 Å². The first-order chi connectivity index (χ1) is 33.1. The zero-order chi connectivity index (χ0) is 50.1. The molecule has 8 atom stereocenters. The van der Waals surface area contributed by atoms with Gasteiger partial charge in [0.05, 0.1) is 11.5 Å². The van der Waals surface area contributed by atoms with Crippen molar-refractivity contribution in [3.05, 3.63) is 138 Å². The summed E-state index contributed by atoms with van der Waals surface area (Å²) in [5, 5.41) is -0.353. The Morgan fingerprint density at radius 3 is 1.57 bits per heavy atom. The lowest BCUT2D eigenvalue weighted by Gasteiger charge is -2.51. The van der Waals surface area contributed by atoms with Gasteiger partial charge in [-0.25, -0.2) is 13.1 Å². The molecule has 0 radical (unpaired) electrons. The molecule has 0 aromatic heterocycles. The minimum atomic E-state index is -4.24. The summed E-state index contributed by atoms with van der Waals surface area (Å²) in [6, 6.07) is 35.1. The van der Waals surface area contributed by atoms with Crippen LogP contribution in [0.25, 0.3) is 0 Å². The average molecular weight is 1000 g/mol. The first-order valence-electron chi connectivity index (χ1n) is 22.8. The molecule has 16 nitrogen and oxygen atoms in total. The van der Waals surface area contributed by atoms with E-state index in [-0.39, 0.29) is 50.5 Å². The fraction of sp³-hybridized carbons (Fsp3) is 0.529. The molecule has 0 saturated carbocycles. The third kappa shape index (κ3) is 14.6. The SMILES string of the molecule is COCO[C@H]1[C@H]([C@H](OCOC)[C@H](OCOC)[C@H](COC(c2ccccc2)(c2ccccc2)c2ccccc2)OCOC)O[C@@H](O[Si](C)(C)C(C)(C)C)[C@H](NS(=O)(=O)c2ccc(C)cc2)[C@@H]1OCOC. The first kappa shape index (κ1) is 56.4. The summed E-state index contributed by atoms with van der Waals surface area (Å²) in [5.41, 5.74) is 2.31. The molecule has 1 aliphatic rings. The lowest BCUT2D eigenvalue weighted by molar-refractivity contribution is -0.319. The van der Waals surface area contributed by atoms with Crippen molar-refractivity contribution in [2.24, 2.45) is 0 Å². The van der Waals surface area contributed by atoms with Crippen LogP contribution in [0.5, 0.6) is 0 Å². The number of hydrogen-bond acceptors (Lipinski definition) is 15. The van der Waals surface area contributed by atoms with Gasteiger partial charge in [0.15, 0.2) is 14.6 Å². The van der Waals surface area contributed by atoms with Gasteiger partial charge in [-0.1, -0.05) is 129 Å². The van der Waals surface area contributed by atoms with Crippen LogP contribution in [0.1, 0.15) is 43.0 Å². The van der Waals surface area contributed by atoms with Gasteiger partial charge in [0.25, 0.3) is 0 Å². The Morgan fingerprint density at radius 2 is 1.09 bits per heavy atom. The monoisotopic (exact) mass is 999 g/mol. The Hall–Kier alpha value is -3.51. The van der Waals surface area contributed by atoms with Crippen LogP contribution in [0.15, 0.2) is 120 Å². The Balaban J connectivity index is 1.71. The van der Waals surface area contributed by atoms with E-state index in [2.05, 4.69) is 25.5 Å². The summed E-state index contributed by atoms with van der Waals surface area (Å²) in [4.78, 5) is 0.0335. The summed E-state index contributed by atoms with van der Waals surface area (Å²) in [5.74, 6) is 0. The Kier molecular flexibility index (Phi) is 21.9. The number of nitrogens with one attached hydrogen (secondary N) is 1. The maximum atomic E-state index is 14.4. The summed E-state index contributed by atoms with van der Waals surface area (Å²) < 4.78 is 114. The summed E-state index contributed by atoms with van der Waals surface area (Å²) in [6.07, 6.45) is -8.12. The number of aryl methyl sites for hydroxylation is 1. The molecule has 0 spiro atoms. The quantitative estimate of drug-likeness (QED) is 0.0326. The van der Waals surface area contributed by atoms with Crippen LogP contribution in [0.3, 0.4) is 0 Å². The summed E-state index contributed by atoms with van der Waals surface area (Å²) in [6.45, 7) is 10.9. The minimum absolute atomic E-state index is 0.0335. The summed E-state index contributed by atoms with van der Waals surface area (Å²) in [7, 11) is 0.396. The number of sulfonamides is 1. The molecule has 0 aliphatic carbocycles. The molecule has 69 heavy (non-hydrogen) atoms. The van der Waals surface area contributed by atoms with Gasteiger partial charge in [0.2, 0.25) is 10.0 Å². The maximum absolute atomic E-state index is 14.4. The fourth-order valence-electron chi connectivity index (χ4n) is 7.92. The van der Waals surface area contributed by atoms with E-state index in [0.717, 1.165) is 22.3 Å². The second-order valence-electron chi connectivity index (χ2n) is 18.2. The molecule has 0 unspecified atom stereocenters. The van der Waals surface area contributed by atoms with E-state index in [1.54, 1.807) is 12.1 Å². The van der Waals surface area contributed by atoms with Gasteiger partial charge in [-0.3, -0.25) is 0 Å². The van der Waals surface area contributed by atoms with Gasteiger partial charge in [0, 0.05) is 35.5 Å². The number of rotatable bonds is 29. The van der Waals surface area contributed by atoms with Crippen molar-refractivity contribution in [3.63, 3.8) is 0 Å². The highest BCUT2D eigenvalue weighted by Gasteiger charge is 2.57. The van der Waals surface area contributed by atoms with E-state index in [1.807, 2.05) is 111 Å². The van der Waals surface area contributed by atoms with Crippen LogP contribution in [-0.2, 0) is 76.9 Å². The lowest BCUT2D eigenvalue weighted by Crippen LogP contribution is -2.70. The van der Waals surface area contributed by atoms with Crippen molar-refractivity contribution < 1.29 is 69.7 Å². The molecule has 1 N–H and O–H groups in total. The van der Waals surface area contributed by atoms with E-state index in [1.165, 1.54) is 47.7 Å². The topological polar surface area (TPSA) is 166 Å². The van der Waals surface area contributed by atoms with Crippen molar-refractivity contribution >= 4 is 18.3 Å². The number of ether oxygens (including phenoxy) is 12. The smallest absolute Gasteiger partial charge is 0.241 e. The van der Waals surface area contributed by atoms with Crippen LogP contribution in [0.4, 0.5) is 0 Å². The molecule has 4 aromatic carbocycles. The van der Waals surface area contributed by atoms with Crippen LogP contribution >= 0.6 is 0 Å². The molecule has 1 saturated heterocycles. The molecule has 4 aromatic rings. The number of hydrogen-bond donors (Lipinski definition) is 1. The van der Waals surface area contributed by atoms with Gasteiger partial charge >= 0.3 is 0 Å². The molecular formula is C51H73NO15SSi. The minimum Gasteiger partial charge on any atom is -0.391 e. The molecule has 382 valence electrons. The zero-order valence-electron chi connectivity index (χ0n) is 41.9. The molecule has 1 aliphatic heterocycles. The van der Waals surface area contributed by atoms with Crippen molar-refractivity contribution in [2.75, 3.05) is 76.1 Å². The standard InChI is InChI=1S/C51H73NO15SSi/c1-37-27-29-41(30-28-37)68(53,54)52-43-45(62-34-57-7)47(64-36-59-9)48(66-49(43)67-69(10,11)50(2,3)4)46(63-35-58-8)44(61-33-56-6)42(60-32-55-5)31-65-51(38-21-15-12-16-22-38,39-23-17-13-18-24-39)40-25-19-14-20-26-40/h12-30,42-49,52H,31-36H2,1-11H3/t42-,43+,44+,45-,46+,47+,48-,49-/m0/s1. The fourth-order valence-corrected chi connectivity index (χ4v) is 10.3. The molecule has 18 heteroatoms. The van der Waals surface area contributed by atoms with Crippen LogP contribution < -0.4 is 4.72 Å². The Labute approximate surface area is 410 Å². The molecular weight excluding hydrogens is 927 g/mol. The van der Waals surface area contributed by atoms with Gasteiger partial charge in [0.1, 0.15) is 82.2 Å². The first-order valence-corrected chi connectivity index (χ1v) is 27.2. The van der Waals surface area contributed by atoms with Crippen molar-refractivity contribution in [1.29, 1.82) is 0 Å². The van der Waals surface area contributed by atoms with Crippen molar-refractivity contribution in [2.45, 2.75) is 105 Å². The van der Waals surface area contributed by atoms with E-state index in [4.69, 9.17) is 61.3 Å². The van der Waals surface area contributed by atoms with Gasteiger partial charge in [-0.15, -0.1) is 0 Å². The summed E-state index contributed by atoms with van der Waals surface area (Å²) >= 11 is 0. The van der Waals surface area contributed by atoms with Crippen LogP contribution in [0, 0.1) is 6.92 Å². The van der Waals surface area contributed by atoms with Crippen molar-refractivity contribution in [3.8, 4) is 0 Å². The third-order valence-corrected chi connectivity index (χ3v) is 18.3.